The topological polar surface area (TPSA) is 56.7 Å². The second kappa shape index (κ2) is 10.8. The van der Waals surface area contributed by atoms with Gasteiger partial charge >= 0.3 is 0 Å². The highest BCUT2D eigenvalue weighted by molar-refractivity contribution is 5.93. The number of hydrogen-bond acceptors (Lipinski definition) is 2. The second-order valence-electron chi connectivity index (χ2n) is 8.04. The van der Waals surface area contributed by atoms with Crippen LogP contribution < -0.4 is 10.6 Å². The second-order valence-corrected chi connectivity index (χ2v) is 8.04. The van der Waals surface area contributed by atoms with Gasteiger partial charge in [-0.2, -0.15) is 0 Å². The third-order valence-electron chi connectivity index (χ3n) is 4.02. The molecule has 0 bridgehead atoms. The van der Waals surface area contributed by atoms with Gasteiger partial charge in [0.25, 0.3) is 5.91 Å². The number of rotatable bonds is 8. The first-order valence-corrected chi connectivity index (χ1v) is 9.55. The molecule has 0 aliphatic rings. The molecule has 0 unspecified atom stereocenters. The zero-order valence-electron chi connectivity index (χ0n) is 17.4. The minimum Gasteiger partial charge on any atom is -0.357 e. The molecular formula is C21H36N4O. The monoisotopic (exact) mass is 360 g/mol. The zero-order chi connectivity index (χ0) is 19.6. The van der Waals surface area contributed by atoms with E-state index >= 15 is 0 Å². The van der Waals surface area contributed by atoms with Crippen molar-refractivity contribution in [2.24, 2.45) is 10.4 Å². The molecule has 0 heterocycles. The molecule has 0 aliphatic heterocycles. The van der Waals surface area contributed by atoms with Crippen LogP contribution >= 0.6 is 0 Å². The molecule has 1 rings (SSSR count). The van der Waals surface area contributed by atoms with Crippen molar-refractivity contribution in [1.29, 1.82) is 0 Å². The summed E-state index contributed by atoms with van der Waals surface area (Å²) in [5.41, 5.74) is 2.19. The first kappa shape index (κ1) is 22.0. The maximum Gasteiger partial charge on any atom is 0.253 e. The van der Waals surface area contributed by atoms with Crippen LogP contribution in [0.15, 0.2) is 29.3 Å². The van der Waals surface area contributed by atoms with Gasteiger partial charge in [-0.3, -0.25) is 4.79 Å². The molecule has 5 heteroatoms. The van der Waals surface area contributed by atoms with Crippen LogP contribution in [0, 0.1) is 5.41 Å². The standard InChI is InChI=1S/C21H36N4O/c1-7-22-20(23-15-9-8-14-21(2,3)4)24-16-17-10-12-18(13-11-17)19(26)25(5)6/h10-13H,7-9,14-16H2,1-6H3,(H2,22,23,24). The lowest BCUT2D eigenvalue weighted by Crippen LogP contribution is -2.37. The van der Waals surface area contributed by atoms with E-state index in [1.54, 1.807) is 19.0 Å². The van der Waals surface area contributed by atoms with Gasteiger partial charge in [0.1, 0.15) is 0 Å². The molecule has 0 aliphatic carbocycles. The van der Waals surface area contributed by atoms with E-state index in [4.69, 9.17) is 0 Å². The maximum atomic E-state index is 11.9. The highest BCUT2D eigenvalue weighted by Gasteiger charge is 2.09. The minimum atomic E-state index is 0.0188. The van der Waals surface area contributed by atoms with Gasteiger partial charge in [-0.25, -0.2) is 4.99 Å². The van der Waals surface area contributed by atoms with E-state index in [2.05, 4.69) is 43.3 Å². The van der Waals surface area contributed by atoms with Gasteiger partial charge in [-0.15, -0.1) is 0 Å². The summed E-state index contributed by atoms with van der Waals surface area (Å²) in [6.45, 7) is 11.3. The molecule has 0 spiro atoms. The summed E-state index contributed by atoms with van der Waals surface area (Å²) in [7, 11) is 3.52. The molecule has 0 atom stereocenters. The smallest absolute Gasteiger partial charge is 0.253 e. The molecule has 0 aromatic heterocycles. The minimum absolute atomic E-state index is 0.0188. The van der Waals surface area contributed by atoms with E-state index in [1.165, 1.54) is 12.8 Å². The van der Waals surface area contributed by atoms with E-state index in [-0.39, 0.29) is 5.91 Å². The third-order valence-corrected chi connectivity index (χ3v) is 4.02. The van der Waals surface area contributed by atoms with Crippen molar-refractivity contribution >= 4 is 11.9 Å². The average molecular weight is 361 g/mol. The van der Waals surface area contributed by atoms with Crippen molar-refractivity contribution < 1.29 is 4.79 Å². The Morgan fingerprint density at radius 3 is 2.27 bits per heavy atom. The van der Waals surface area contributed by atoms with Crippen molar-refractivity contribution in [3.63, 3.8) is 0 Å². The molecule has 1 amide bonds. The SMILES string of the molecule is CCNC(=NCc1ccc(C(=O)N(C)C)cc1)NCCCCC(C)(C)C. The lowest BCUT2D eigenvalue weighted by molar-refractivity contribution is 0.0827. The van der Waals surface area contributed by atoms with Crippen LogP contribution in [0.1, 0.15) is 62.9 Å². The van der Waals surface area contributed by atoms with Crippen molar-refractivity contribution in [3.05, 3.63) is 35.4 Å². The van der Waals surface area contributed by atoms with E-state index < -0.39 is 0 Å². The maximum absolute atomic E-state index is 11.9. The molecule has 146 valence electrons. The summed E-state index contributed by atoms with van der Waals surface area (Å²) in [6.07, 6.45) is 3.60. The van der Waals surface area contributed by atoms with Gasteiger partial charge < -0.3 is 15.5 Å². The number of nitrogens with zero attached hydrogens (tertiary/aromatic N) is 2. The molecule has 0 radical (unpaired) electrons. The summed E-state index contributed by atoms with van der Waals surface area (Å²) in [6, 6.07) is 7.65. The summed E-state index contributed by atoms with van der Waals surface area (Å²) >= 11 is 0. The number of aliphatic imine (C=N–C) groups is 1. The number of unbranched alkanes of at least 4 members (excludes halogenated alkanes) is 1. The number of amides is 1. The fourth-order valence-electron chi connectivity index (χ4n) is 2.51. The van der Waals surface area contributed by atoms with Gasteiger partial charge in [0.15, 0.2) is 5.96 Å². The number of guanidine groups is 1. The summed E-state index contributed by atoms with van der Waals surface area (Å²) in [5.74, 6) is 0.863. The van der Waals surface area contributed by atoms with Crippen LogP contribution in [0.4, 0.5) is 0 Å². The Labute approximate surface area is 159 Å². The lowest BCUT2D eigenvalue weighted by Gasteiger charge is -2.18. The van der Waals surface area contributed by atoms with Crippen LogP contribution in [0.3, 0.4) is 0 Å². The number of carbonyl (C=O) groups excluding carboxylic acids is 1. The first-order valence-electron chi connectivity index (χ1n) is 9.55. The number of hydrogen-bond donors (Lipinski definition) is 2. The lowest BCUT2D eigenvalue weighted by atomic mass is 9.90. The molecule has 26 heavy (non-hydrogen) atoms. The van der Waals surface area contributed by atoms with Crippen LogP contribution in [0.2, 0.25) is 0 Å². The van der Waals surface area contributed by atoms with Crippen molar-refractivity contribution in [3.8, 4) is 0 Å². The predicted octanol–water partition coefficient (Wildman–Crippen LogP) is 3.66. The van der Waals surface area contributed by atoms with Crippen molar-refractivity contribution in [1.82, 2.24) is 15.5 Å². The summed E-state index contributed by atoms with van der Waals surface area (Å²) < 4.78 is 0. The Bertz CT molecular complexity index is 571. The summed E-state index contributed by atoms with van der Waals surface area (Å²) in [5, 5.41) is 6.68. The largest absolute Gasteiger partial charge is 0.357 e. The van der Waals surface area contributed by atoms with Crippen LogP contribution in [-0.4, -0.2) is 44.0 Å². The molecule has 0 saturated heterocycles. The highest BCUT2D eigenvalue weighted by Crippen LogP contribution is 2.21. The van der Waals surface area contributed by atoms with Crippen molar-refractivity contribution in [2.75, 3.05) is 27.2 Å². The Hall–Kier alpha value is -2.04. The molecule has 1 aromatic rings. The van der Waals surface area contributed by atoms with Gasteiger partial charge in [0.05, 0.1) is 6.54 Å². The molecular weight excluding hydrogens is 324 g/mol. The molecule has 1 aromatic carbocycles. The molecule has 5 nitrogen and oxygen atoms in total. The Kier molecular flexibility index (Phi) is 9.17. The van der Waals surface area contributed by atoms with E-state index in [9.17, 15) is 4.79 Å². The fraction of sp³-hybridized carbons (Fsp3) is 0.619. The number of nitrogens with one attached hydrogen (secondary N) is 2. The highest BCUT2D eigenvalue weighted by atomic mass is 16.2. The zero-order valence-corrected chi connectivity index (χ0v) is 17.4. The molecule has 2 N–H and O–H groups in total. The van der Waals surface area contributed by atoms with Crippen molar-refractivity contribution in [2.45, 2.75) is 53.5 Å². The predicted molar refractivity (Wildman–Crippen MR) is 111 cm³/mol. The Morgan fingerprint density at radius 2 is 1.73 bits per heavy atom. The van der Waals surface area contributed by atoms with Crippen LogP contribution in [0.25, 0.3) is 0 Å². The van der Waals surface area contributed by atoms with E-state index in [0.717, 1.165) is 31.0 Å². The first-order chi connectivity index (χ1) is 12.2. The van der Waals surface area contributed by atoms with Gasteiger partial charge in [0, 0.05) is 32.7 Å². The van der Waals surface area contributed by atoms with E-state index in [0.29, 0.717) is 17.5 Å². The van der Waals surface area contributed by atoms with Gasteiger partial charge in [0.2, 0.25) is 0 Å². The van der Waals surface area contributed by atoms with Gasteiger partial charge in [-0.1, -0.05) is 39.3 Å². The molecule has 0 fully saturated rings. The fourth-order valence-corrected chi connectivity index (χ4v) is 2.51. The number of benzene rings is 1. The van der Waals surface area contributed by atoms with Gasteiger partial charge in [-0.05, 0) is 42.9 Å². The average Bonchev–Trinajstić information content (AvgIpc) is 2.58. The van der Waals surface area contributed by atoms with Crippen LogP contribution in [-0.2, 0) is 6.54 Å². The number of carbonyl (C=O) groups is 1. The third kappa shape index (κ3) is 8.88. The normalized spacial score (nSPS) is 12.0. The Balaban J connectivity index is 2.51. The quantitative estimate of drug-likeness (QED) is 0.423. The van der Waals surface area contributed by atoms with E-state index in [1.807, 2.05) is 24.3 Å². The summed E-state index contributed by atoms with van der Waals surface area (Å²) in [4.78, 5) is 18.1. The Morgan fingerprint density at radius 1 is 1.08 bits per heavy atom. The van der Waals surface area contributed by atoms with Crippen LogP contribution in [0.5, 0.6) is 0 Å². The molecule has 0 saturated carbocycles.